The maximum atomic E-state index is 12.8. The highest BCUT2D eigenvalue weighted by Gasteiger charge is 2.19. The minimum Gasteiger partial charge on any atom is -0.462 e. The van der Waals surface area contributed by atoms with E-state index in [9.17, 15) is 14.4 Å². The van der Waals surface area contributed by atoms with E-state index in [1.54, 1.807) is 0 Å². The second-order valence-corrected chi connectivity index (χ2v) is 21.6. The van der Waals surface area contributed by atoms with E-state index >= 15 is 0 Å². The zero-order valence-corrected chi connectivity index (χ0v) is 52.0. The molecule has 0 fully saturated rings. The smallest absolute Gasteiger partial charge is 0.306 e. The molecule has 1 unspecified atom stereocenters. The Hall–Kier alpha value is -4.45. The molecular formula is C74H122O6. The van der Waals surface area contributed by atoms with Crippen molar-refractivity contribution < 1.29 is 28.6 Å². The predicted octanol–water partition coefficient (Wildman–Crippen LogP) is 22.9. The maximum absolute atomic E-state index is 12.8. The lowest BCUT2D eigenvalue weighted by atomic mass is 10.0. The fourth-order valence-corrected chi connectivity index (χ4v) is 9.00. The average Bonchev–Trinajstić information content (AvgIpc) is 3.46. The van der Waals surface area contributed by atoms with Crippen LogP contribution < -0.4 is 0 Å². The lowest BCUT2D eigenvalue weighted by Crippen LogP contribution is -2.30. The lowest BCUT2D eigenvalue weighted by Gasteiger charge is -2.18. The minimum atomic E-state index is -0.796. The summed E-state index contributed by atoms with van der Waals surface area (Å²) in [5.74, 6) is -0.931. The molecular weight excluding hydrogens is 985 g/mol. The fraction of sp³-hybridized carbons (Fsp3) is 0.662. The Morgan fingerprint density at radius 3 is 0.775 bits per heavy atom. The highest BCUT2D eigenvalue weighted by molar-refractivity contribution is 5.71. The highest BCUT2D eigenvalue weighted by Crippen LogP contribution is 2.16. The van der Waals surface area contributed by atoms with E-state index in [4.69, 9.17) is 14.2 Å². The molecule has 0 aliphatic heterocycles. The van der Waals surface area contributed by atoms with Gasteiger partial charge in [-0.15, -0.1) is 0 Å². The zero-order valence-electron chi connectivity index (χ0n) is 52.0. The topological polar surface area (TPSA) is 78.9 Å². The van der Waals surface area contributed by atoms with Crippen molar-refractivity contribution in [2.24, 2.45) is 0 Å². The number of hydrogen-bond acceptors (Lipinski definition) is 6. The summed E-state index contributed by atoms with van der Waals surface area (Å²) < 4.78 is 16.8. The predicted molar refractivity (Wildman–Crippen MR) is 348 cm³/mol. The van der Waals surface area contributed by atoms with Crippen LogP contribution in [-0.4, -0.2) is 37.2 Å². The molecule has 80 heavy (non-hydrogen) atoms. The molecule has 0 saturated carbocycles. The van der Waals surface area contributed by atoms with E-state index in [2.05, 4.69) is 154 Å². The van der Waals surface area contributed by atoms with Gasteiger partial charge >= 0.3 is 17.9 Å². The molecule has 0 aromatic carbocycles. The lowest BCUT2D eigenvalue weighted by molar-refractivity contribution is -0.167. The third-order valence-electron chi connectivity index (χ3n) is 13.9. The molecule has 0 aliphatic rings. The molecule has 0 heterocycles. The molecule has 0 rings (SSSR count). The monoisotopic (exact) mass is 1110 g/mol. The first-order valence-corrected chi connectivity index (χ1v) is 33.2. The SMILES string of the molecule is CC/C=C\C/C=C\C/C=C\C/C=C\C/C=C\C/C=C\C/C=C\CCCCCC(=O)OC(COC(=O)CCCCCCCC)COC(=O)CCCCCCCCCCCCCCCCCCCC/C=C\C/C=C\C/C=C\C/C=C\CC. The van der Waals surface area contributed by atoms with Crippen molar-refractivity contribution in [3.8, 4) is 0 Å². The minimum absolute atomic E-state index is 0.0922. The molecule has 6 heteroatoms. The van der Waals surface area contributed by atoms with Crippen molar-refractivity contribution in [3.63, 3.8) is 0 Å². The van der Waals surface area contributed by atoms with Crippen molar-refractivity contribution in [2.75, 3.05) is 13.2 Å². The van der Waals surface area contributed by atoms with Gasteiger partial charge in [0.1, 0.15) is 13.2 Å². The first-order chi connectivity index (χ1) is 39.5. The van der Waals surface area contributed by atoms with Crippen LogP contribution in [0.3, 0.4) is 0 Å². The Labute approximate surface area is 494 Å². The normalized spacial score (nSPS) is 13.0. The largest absolute Gasteiger partial charge is 0.462 e. The molecule has 1 atom stereocenters. The van der Waals surface area contributed by atoms with Gasteiger partial charge in [0.05, 0.1) is 0 Å². The van der Waals surface area contributed by atoms with Crippen molar-refractivity contribution in [1.29, 1.82) is 0 Å². The van der Waals surface area contributed by atoms with Gasteiger partial charge in [0.25, 0.3) is 0 Å². The molecule has 0 aromatic heterocycles. The summed E-state index contributed by atoms with van der Waals surface area (Å²) >= 11 is 0. The molecule has 0 N–H and O–H groups in total. The van der Waals surface area contributed by atoms with Gasteiger partial charge in [0.2, 0.25) is 0 Å². The number of hydrogen-bond donors (Lipinski definition) is 0. The van der Waals surface area contributed by atoms with Crippen molar-refractivity contribution in [3.05, 3.63) is 134 Å². The molecule has 0 amide bonds. The van der Waals surface area contributed by atoms with Gasteiger partial charge in [-0.05, 0) is 116 Å². The van der Waals surface area contributed by atoms with Gasteiger partial charge < -0.3 is 14.2 Å². The summed E-state index contributed by atoms with van der Waals surface area (Å²) in [4.78, 5) is 38.0. The molecule has 0 aliphatic carbocycles. The van der Waals surface area contributed by atoms with E-state index in [0.717, 1.165) is 135 Å². The van der Waals surface area contributed by atoms with Crippen LogP contribution in [0.4, 0.5) is 0 Å². The average molecular weight is 1110 g/mol. The standard InChI is InChI=1S/C74H122O6/c1-4-7-10-13-16-18-20-22-24-26-28-30-32-34-35-36-37-38-39-41-42-44-46-48-50-52-54-56-58-61-64-67-73(76)79-70-71(69-78-72(75)66-63-60-15-12-9-6-3)80-74(77)68-65-62-59-57-55-53-51-49-47-45-43-40-33-31-29-27-25-23-21-19-17-14-11-8-5-2/h7-8,10-11,16-19,22-25,28-31,40,43,47,49,53,55,71H,4-6,9,12-15,20-21,26-27,32-39,41-42,44-46,48,50-52,54,56-70H2,1-3H3/b10-7-,11-8-,18-16-,19-17-,24-22-,25-23-,30-28-,31-29-,43-40-,49-47-,55-53-. The summed E-state index contributed by atoms with van der Waals surface area (Å²) in [6, 6.07) is 0. The van der Waals surface area contributed by atoms with Gasteiger partial charge in [0, 0.05) is 19.3 Å². The molecule has 0 saturated heterocycles. The van der Waals surface area contributed by atoms with Crippen molar-refractivity contribution >= 4 is 17.9 Å². The Kier molecular flexibility index (Phi) is 63.3. The molecule has 0 aromatic rings. The number of carbonyl (C=O) groups is 3. The van der Waals surface area contributed by atoms with E-state index in [1.807, 2.05) is 0 Å². The Morgan fingerprint density at radius 1 is 0.263 bits per heavy atom. The van der Waals surface area contributed by atoms with Gasteiger partial charge in [-0.1, -0.05) is 296 Å². The van der Waals surface area contributed by atoms with Crippen LogP contribution in [0.5, 0.6) is 0 Å². The molecule has 0 spiro atoms. The number of rotatable bonds is 59. The van der Waals surface area contributed by atoms with Crippen LogP contribution in [0.2, 0.25) is 0 Å². The molecule has 454 valence electrons. The number of allylic oxidation sites excluding steroid dienone is 22. The number of ether oxygens (including phenoxy) is 3. The van der Waals surface area contributed by atoms with Crippen LogP contribution >= 0.6 is 0 Å². The maximum Gasteiger partial charge on any atom is 0.306 e. The van der Waals surface area contributed by atoms with Crippen LogP contribution in [0.15, 0.2) is 134 Å². The zero-order chi connectivity index (χ0) is 57.8. The van der Waals surface area contributed by atoms with Gasteiger partial charge in [-0.3, -0.25) is 14.4 Å². The van der Waals surface area contributed by atoms with E-state index in [0.29, 0.717) is 12.8 Å². The van der Waals surface area contributed by atoms with Crippen LogP contribution in [0.1, 0.15) is 297 Å². The quantitative estimate of drug-likeness (QED) is 0.0261. The van der Waals surface area contributed by atoms with Crippen LogP contribution in [0.25, 0.3) is 0 Å². The first kappa shape index (κ1) is 75.5. The van der Waals surface area contributed by atoms with Crippen molar-refractivity contribution in [1.82, 2.24) is 0 Å². The van der Waals surface area contributed by atoms with Gasteiger partial charge in [0.15, 0.2) is 6.10 Å². The Morgan fingerprint density at radius 2 is 0.487 bits per heavy atom. The molecule has 0 bridgehead atoms. The fourth-order valence-electron chi connectivity index (χ4n) is 9.00. The molecule has 6 nitrogen and oxygen atoms in total. The highest BCUT2D eigenvalue weighted by atomic mass is 16.6. The second kappa shape index (κ2) is 67.1. The van der Waals surface area contributed by atoms with Gasteiger partial charge in [-0.2, -0.15) is 0 Å². The summed E-state index contributed by atoms with van der Waals surface area (Å²) in [6.07, 6.45) is 95.1. The number of unbranched alkanes of at least 4 members (excludes halogenated alkanes) is 26. The van der Waals surface area contributed by atoms with Crippen molar-refractivity contribution in [2.45, 2.75) is 303 Å². The third kappa shape index (κ3) is 64.4. The second-order valence-electron chi connectivity index (χ2n) is 21.6. The summed E-state index contributed by atoms with van der Waals surface area (Å²) in [7, 11) is 0. The third-order valence-corrected chi connectivity index (χ3v) is 13.9. The summed E-state index contributed by atoms with van der Waals surface area (Å²) in [5.41, 5.74) is 0. The molecule has 0 radical (unpaired) electrons. The van der Waals surface area contributed by atoms with Gasteiger partial charge in [-0.25, -0.2) is 0 Å². The van der Waals surface area contributed by atoms with Crippen LogP contribution in [0, 0.1) is 0 Å². The summed E-state index contributed by atoms with van der Waals surface area (Å²) in [6.45, 7) is 6.34. The van der Waals surface area contributed by atoms with E-state index in [1.165, 1.54) is 122 Å². The Balaban J connectivity index is 4.11. The number of carbonyl (C=O) groups excluding carboxylic acids is 3. The Bertz CT molecular complexity index is 1700. The van der Waals surface area contributed by atoms with E-state index in [-0.39, 0.29) is 37.5 Å². The first-order valence-electron chi connectivity index (χ1n) is 33.2. The number of esters is 3. The van der Waals surface area contributed by atoms with E-state index < -0.39 is 6.10 Å². The summed E-state index contributed by atoms with van der Waals surface area (Å²) in [5, 5.41) is 0. The van der Waals surface area contributed by atoms with Crippen LogP contribution in [-0.2, 0) is 28.6 Å².